The van der Waals surface area contributed by atoms with E-state index in [0.29, 0.717) is 12.4 Å². The van der Waals surface area contributed by atoms with Gasteiger partial charge >= 0.3 is 0 Å². The number of aryl methyl sites for hydroxylation is 2. The molecule has 2 amide bonds. The van der Waals surface area contributed by atoms with Crippen LogP contribution in [0.25, 0.3) is 16.9 Å². The van der Waals surface area contributed by atoms with Crippen LogP contribution >= 0.6 is 0 Å². The molecule has 0 fully saturated rings. The number of anilines is 1. The molecule has 0 unspecified atom stereocenters. The third-order valence-corrected chi connectivity index (χ3v) is 5.67. The summed E-state index contributed by atoms with van der Waals surface area (Å²) in [5.41, 5.74) is 4.31. The molecule has 0 radical (unpaired) electrons. The highest BCUT2D eigenvalue weighted by Crippen LogP contribution is 2.27. The zero-order valence-electron chi connectivity index (χ0n) is 21.2. The lowest BCUT2D eigenvalue weighted by atomic mass is 9.94. The van der Waals surface area contributed by atoms with Crippen LogP contribution in [-0.4, -0.2) is 39.6 Å². The molecule has 0 saturated heterocycles. The molecule has 1 heterocycles. The summed E-state index contributed by atoms with van der Waals surface area (Å²) in [7, 11) is 0. The Bertz CT molecular complexity index is 1140. The summed E-state index contributed by atoms with van der Waals surface area (Å²) in [6.07, 6.45) is 1.81. The number of carbonyl (C=O) groups excluding carboxylic acids is 2. The fraction of sp³-hybridized carbons (Fsp3) is 0.393. The van der Waals surface area contributed by atoms with E-state index in [-0.39, 0.29) is 18.4 Å². The second-order valence-corrected chi connectivity index (χ2v) is 9.86. The Balaban J connectivity index is 1.93. The molecule has 0 spiro atoms. The van der Waals surface area contributed by atoms with E-state index in [1.165, 1.54) is 0 Å². The van der Waals surface area contributed by atoms with E-state index in [0.717, 1.165) is 40.9 Å². The average molecular weight is 461 g/mol. The number of nitrogens with zero attached hydrogens (tertiary/aromatic N) is 3. The monoisotopic (exact) mass is 460 g/mol. The summed E-state index contributed by atoms with van der Waals surface area (Å²) in [6, 6.07) is 17.9. The van der Waals surface area contributed by atoms with Gasteiger partial charge in [0.05, 0.1) is 17.9 Å². The molecule has 6 nitrogen and oxygen atoms in total. The Morgan fingerprint density at radius 3 is 2.35 bits per heavy atom. The first-order valence-electron chi connectivity index (χ1n) is 11.9. The van der Waals surface area contributed by atoms with Gasteiger partial charge in [0.1, 0.15) is 5.82 Å². The minimum atomic E-state index is -0.546. The van der Waals surface area contributed by atoms with Crippen LogP contribution in [0.5, 0.6) is 0 Å². The summed E-state index contributed by atoms with van der Waals surface area (Å²) < 4.78 is 1.77. The van der Waals surface area contributed by atoms with E-state index in [4.69, 9.17) is 5.10 Å². The predicted molar refractivity (Wildman–Crippen MR) is 138 cm³/mol. The van der Waals surface area contributed by atoms with Crippen LogP contribution in [0.3, 0.4) is 0 Å². The van der Waals surface area contributed by atoms with Crippen molar-refractivity contribution in [2.45, 2.75) is 54.4 Å². The highest BCUT2D eigenvalue weighted by molar-refractivity contribution is 5.95. The van der Waals surface area contributed by atoms with E-state index in [1.807, 2.05) is 76.2 Å². The second-order valence-electron chi connectivity index (χ2n) is 9.86. The predicted octanol–water partition coefficient (Wildman–Crippen LogP) is 5.77. The lowest BCUT2D eigenvalue weighted by Gasteiger charge is -2.29. The molecule has 0 saturated carbocycles. The third kappa shape index (κ3) is 6.13. The van der Waals surface area contributed by atoms with E-state index in [1.54, 1.807) is 9.58 Å². The molecule has 0 aliphatic heterocycles. The summed E-state index contributed by atoms with van der Waals surface area (Å²) >= 11 is 0. The van der Waals surface area contributed by atoms with Gasteiger partial charge in [-0.1, -0.05) is 82.1 Å². The Labute approximate surface area is 203 Å². The summed E-state index contributed by atoms with van der Waals surface area (Å²) in [6.45, 7) is 12.4. The Morgan fingerprint density at radius 1 is 1.03 bits per heavy atom. The van der Waals surface area contributed by atoms with Crippen molar-refractivity contribution in [1.29, 1.82) is 0 Å². The largest absolute Gasteiger partial charge is 0.333 e. The average Bonchev–Trinajstić information content (AvgIpc) is 3.19. The van der Waals surface area contributed by atoms with Crippen LogP contribution in [0.4, 0.5) is 5.82 Å². The Hall–Kier alpha value is -3.41. The molecule has 2 aromatic carbocycles. The molecule has 0 aliphatic carbocycles. The summed E-state index contributed by atoms with van der Waals surface area (Å²) in [5.74, 6) is 0.317. The number of rotatable bonds is 8. The maximum atomic E-state index is 13.1. The quantitative estimate of drug-likeness (QED) is 0.464. The molecule has 0 bridgehead atoms. The highest BCUT2D eigenvalue weighted by atomic mass is 16.2. The van der Waals surface area contributed by atoms with Gasteiger partial charge < -0.3 is 10.2 Å². The molecular weight excluding hydrogens is 424 g/mol. The third-order valence-electron chi connectivity index (χ3n) is 5.67. The zero-order chi connectivity index (χ0) is 24.9. The van der Waals surface area contributed by atoms with Gasteiger partial charge in [0, 0.05) is 23.6 Å². The van der Waals surface area contributed by atoms with Crippen LogP contribution in [0.2, 0.25) is 0 Å². The van der Waals surface area contributed by atoms with Gasteiger partial charge in [0.2, 0.25) is 11.8 Å². The number of amides is 2. The molecule has 6 heteroatoms. The molecule has 3 rings (SSSR count). The number of nitrogens with one attached hydrogen (secondary N) is 1. The molecule has 0 atom stereocenters. The number of unbranched alkanes of at least 4 members (excludes halogenated alkanes) is 1. The van der Waals surface area contributed by atoms with Crippen molar-refractivity contribution in [3.63, 3.8) is 0 Å². The lowest BCUT2D eigenvalue weighted by molar-refractivity contribution is -0.141. The van der Waals surface area contributed by atoms with Crippen molar-refractivity contribution >= 4 is 17.6 Å². The van der Waals surface area contributed by atoms with E-state index >= 15 is 0 Å². The molecule has 1 N–H and O–H groups in total. The van der Waals surface area contributed by atoms with Crippen LogP contribution in [0.1, 0.15) is 51.7 Å². The van der Waals surface area contributed by atoms with Crippen molar-refractivity contribution in [3.05, 3.63) is 65.7 Å². The van der Waals surface area contributed by atoms with Crippen LogP contribution in [-0.2, 0) is 9.59 Å². The van der Waals surface area contributed by atoms with Crippen molar-refractivity contribution in [2.75, 3.05) is 18.4 Å². The molecule has 1 aromatic heterocycles. The fourth-order valence-corrected chi connectivity index (χ4v) is 3.88. The van der Waals surface area contributed by atoms with Gasteiger partial charge in [-0.3, -0.25) is 9.59 Å². The van der Waals surface area contributed by atoms with Crippen molar-refractivity contribution in [3.8, 4) is 16.9 Å². The van der Waals surface area contributed by atoms with E-state index in [9.17, 15) is 9.59 Å². The molecule has 180 valence electrons. The standard InChI is InChI=1S/C28H36N4O2/c1-7-8-16-31(27(34)28(4,5)6)19-26(33)29-25-18-23(22-12-10-9-11-13-22)30-32(25)24-15-14-20(2)17-21(24)3/h9-15,17-18H,7-8,16,19H2,1-6H3,(H,29,33). The number of benzene rings is 2. The minimum absolute atomic E-state index is 0.00876. The summed E-state index contributed by atoms with van der Waals surface area (Å²) in [4.78, 5) is 27.7. The van der Waals surface area contributed by atoms with Crippen molar-refractivity contribution < 1.29 is 9.59 Å². The molecule has 3 aromatic rings. The second kappa shape index (κ2) is 10.7. The highest BCUT2D eigenvalue weighted by Gasteiger charge is 2.28. The summed E-state index contributed by atoms with van der Waals surface area (Å²) in [5, 5.41) is 7.84. The number of aromatic nitrogens is 2. The van der Waals surface area contributed by atoms with E-state index in [2.05, 4.69) is 25.2 Å². The number of carbonyl (C=O) groups is 2. The smallest absolute Gasteiger partial charge is 0.245 e. The molecule has 0 aliphatic rings. The number of hydrogen-bond acceptors (Lipinski definition) is 3. The number of hydrogen-bond donors (Lipinski definition) is 1. The van der Waals surface area contributed by atoms with Gasteiger partial charge in [0.25, 0.3) is 0 Å². The Kier molecular flexibility index (Phi) is 7.92. The van der Waals surface area contributed by atoms with Crippen molar-refractivity contribution in [2.24, 2.45) is 5.41 Å². The maximum absolute atomic E-state index is 13.1. The molecular formula is C28H36N4O2. The SMILES string of the molecule is CCCCN(CC(=O)Nc1cc(-c2ccccc2)nn1-c1ccc(C)cc1C)C(=O)C(C)(C)C. The van der Waals surface area contributed by atoms with Gasteiger partial charge in [-0.2, -0.15) is 5.10 Å². The lowest BCUT2D eigenvalue weighted by Crippen LogP contribution is -2.44. The first-order valence-corrected chi connectivity index (χ1v) is 11.9. The van der Waals surface area contributed by atoms with Crippen LogP contribution < -0.4 is 5.32 Å². The van der Waals surface area contributed by atoms with Gasteiger partial charge in [-0.15, -0.1) is 0 Å². The van der Waals surface area contributed by atoms with Gasteiger partial charge in [-0.05, 0) is 31.9 Å². The topological polar surface area (TPSA) is 67.2 Å². The van der Waals surface area contributed by atoms with Crippen LogP contribution in [0, 0.1) is 19.3 Å². The van der Waals surface area contributed by atoms with Gasteiger partial charge in [0.15, 0.2) is 0 Å². The fourth-order valence-electron chi connectivity index (χ4n) is 3.88. The normalized spacial score (nSPS) is 11.4. The van der Waals surface area contributed by atoms with E-state index < -0.39 is 5.41 Å². The minimum Gasteiger partial charge on any atom is -0.333 e. The first kappa shape index (κ1) is 25.2. The maximum Gasteiger partial charge on any atom is 0.245 e. The van der Waals surface area contributed by atoms with Crippen molar-refractivity contribution in [1.82, 2.24) is 14.7 Å². The van der Waals surface area contributed by atoms with Gasteiger partial charge in [-0.25, -0.2) is 4.68 Å². The molecule has 34 heavy (non-hydrogen) atoms. The van der Waals surface area contributed by atoms with Crippen LogP contribution in [0.15, 0.2) is 54.6 Å². The first-order chi connectivity index (χ1) is 16.1. The zero-order valence-corrected chi connectivity index (χ0v) is 21.2. The Morgan fingerprint density at radius 2 is 1.74 bits per heavy atom.